The molecule has 0 aliphatic rings. The van der Waals surface area contributed by atoms with Crippen LogP contribution < -0.4 is 10.9 Å². The zero-order valence-electron chi connectivity index (χ0n) is 7.82. The minimum atomic E-state index is -0.497. The fourth-order valence-corrected chi connectivity index (χ4v) is 1.01. The van der Waals surface area contributed by atoms with Gasteiger partial charge in [-0.15, -0.1) is 0 Å². The first-order valence-electron chi connectivity index (χ1n) is 4.22. The number of aromatic amines is 1. The first kappa shape index (κ1) is 10.7. The summed E-state index contributed by atoms with van der Waals surface area (Å²) in [5.41, 5.74) is -0.269. The van der Waals surface area contributed by atoms with Gasteiger partial charge in [-0.1, -0.05) is 0 Å². The Hall–Kier alpha value is -1.40. The van der Waals surface area contributed by atoms with Gasteiger partial charge in [-0.2, -0.15) is 0 Å². The van der Waals surface area contributed by atoms with E-state index in [0.717, 1.165) is 0 Å². The molecule has 6 nitrogen and oxygen atoms in total. The highest BCUT2D eigenvalue weighted by Crippen LogP contribution is 2.00. The summed E-state index contributed by atoms with van der Waals surface area (Å²) in [7, 11) is 0. The third-order valence-electron chi connectivity index (χ3n) is 1.65. The number of aromatic nitrogens is 2. The van der Waals surface area contributed by atoms with Crippen LogP contribution in [0.2, 0.25) is 0 Å². The zero-order valence-corrected chi connectivity index (χ0v) is 7.82. The number of H-pyrrole nitrogens is 1. The summed E-state index contributed by atoms with van der Waals surface area (Å²) in [6.07, 6.45) is 0. The molecule has 0 bridgehead atoms. The Labute approximate surface area is 80.6 Å². The number of aliphatic hydroxyl groups excluding tert-OH is 2. The van der Waals surface area contributed by atoms with Crippen molar-refractivity contribution in [2.45, 2.75) is 13.0 Å². The number of nitrogens with zero attached hydrogens (tertiary/aromatic N) is 1. The van der Waals surface area contributed by atoms with Gasteiger partial charge in [0.05, 0.1) is 19.3 Å². The second-order valence-electron chi connectivity index (χ2n) is 2.92. The van der Waals surface area contributed by atoms with Crippen molar-refractivity contribution in [2.75, 3.05) is 18.5 Å². The molecule has 0 amide bonds. The van der Waals surface area contributed by atoms with Crippen LogP contribution in [0.5, 0.6) is 0 Å². The molecule has 1 aromatic heterocycles. The molecule has 78 valence electrons. The fraction of sp³-hybridized carbons (Fsp3) is 0.500. The quantitative estimate of drug-likeness (QED) is 0.490. The van der Waals surface area contributed by atoms with Gasteiger partial charge in [0, 0.05) is 6.07 Å². The molecule has 0 saturated carbocycles. The minimum absolute atomic E-state index is 0.218. The van der Waals surface area contributed by atoms with E-state index in [2.05, 4.69) is 15.3 Å². The first-order valence-corrected chi connectivity index (χ1v) is 4.22. The second kappa shape index (κ2) is 4.73. The second-order valence-corrected chi connectivity index (χ2v) is 2.92. The van der Waals surface area contributed by atoms with Crippen molar-refractivity contribution in [1.82, 2.24) is 9.97 Å². The van der Waals surface area contributed by atoms with E-state index in [0.29, 0.717) is 11.6 Å². The van der Waals surface area contributed by atoms with Crippen LogP contribution in [0, 0.1) is 6.92 Å². The summed E-state index contributed by atoms with van der Waals surface area (Å²) in [5.74, 6) is 0.828. The van der Waals surface area contributed by atoms with Gasteiger partial charge in [-0.05, 0) is 6.92 Å². The van der Waals surface area contributed by atoms with E-state index in [1.165, 1.54) is 6.07 Å². The Morgan fingerprint density at radius 1 is 1.57 bits per heavy atom. The molecule has 0 radical (unpaired) electrons. The van der Waals surface area contributed by atoms with Crippen LogP contribution in [0.25, 0.3) is 0 Å². The van der Waals surface area contributed by atoms with Crippen molar-refractivity contribution in [3.8, 4) is 0 Å². The monoisotopic (exact) mass is 199 g/mol. The van der Waals surface area contributed by atoms with E-state index in [1.807, 2.05) is 0 Å². The number of nitrogens with one attached hydrogen (secondary N) is 2. The van der Waals surface area contributed by atoms with Crippen LogP contribution in [-0.4, -0.2) is 39.4 Å². The topological polar surface area (TPSA) is 98.2 Å². The summed E-state index contributed by atoms with van der Waals surface area (Å²) in [5, 5.41) is 20.3. The lowest BCUT2D eigenvalue weighted by Gasteiger charge is -2.13. The van der Waals surface area contributed by atoms with Gasteiger partial charge in [0.15, 0.2) is 0 Å². The van der Waals surface area contributed by atoms with Gasteiger partial charge < -0.3 is 20.5 Å². The Morgan fingerprint density at radius 3 is 2.71 bits per heavy atom. The summed E-state index contributed by atoms with van der Waals surface area (Å²) in [6, 6.07) is 0.773. The highest BCUT2D eigenvalue weighted by Gasteiger charge is 2.06. The Kier molecular flexibility index (Phi) is 3.61. The molecule has 0 aliphatic carbocycles. The molecule has 1 heterocycles. The fourth-order valence-electron chi connectivity index (χ4n) is 1.01. The largest absolute Gasteiger partial charge is 0.394 e. The maximum Gasteiger partial charge on any atom is 0.252 e. The highest BCUT2D eigenvalue weighted by molar-refractivity contribution is 5.34. The lowest BCUT2D eigenvalue weighted by molar-refractivity contribution is 0.203. The molecular weight excluding hydrogens is 186 g/mol. The van der Waals surface area contributed by atoms with Crippen molar-refractivity contribution in [3.05, 3.63) is 22.2 Å². The van der Waals surface area contributed by atoms with Gasteiger partial charge in [0.25, 0.3) is 5.56 Å². The van der Waals surface area contributed by atoms with Crippen LogP contribution in [0.4, 0.5) is 5.82 Å². The lowest BCUT2D eigenvalue weighted by Crippen LogP contribution is -2.29. The minimum Gasteiger partial charge on any atom is -0.394 e. The zero-order chi connectivity index (χ0) is 10.6. The average Bonchev–Trinajstić information content (AvgIpc) is 2.12. The van der Waals surface area contributed by atoms with Crippen LogP contribution in [0.3, 0.4) is 0 Å². The number of hydrogen-bond acceptors (Lipinski definition) is 5. The number of rotatable bonds is 4. The number of aliphatic hydroxyl groups is 2. The maximum absolute atomic E-state index is 11.0. The molecule has 0 spiro atoms. The van der Waals surface area contributed by atoms with E-state index in [9.17, 15) is 4.79 Å². The maximum atomic E-state index is 11.0. The van der Waals surface area contributed by atoms with Crippen LogP contribution in [0.15, 0.2) is 10.9 Å². The molecule has 0 atom stereocenters. The number of anilines is 1. The molecule has 0 saturated heterocycles. The van der Waals surface area contributed by atoms with Crippen molar-refractivity contribution in [1.29, 1.82) is 0 Å². The van der Waals surface area contributed by atoms with Crippen molar-refractivity contribution in [2.24, 2.45) is 0 Å². The van der Waals surface area contributed by atoms with Crippen molar-refractivity contribution < 1.29 is 10.2 Å². The molecule has 0 fully saturated rings. The lowest BCUT2D eigenvalue weighted by atomic mass is 10.3. The van der Waals surface area contributed by atoms with Gasteiger partial charge in [-0.3, -0.25) is 4.79 Å². The summed E-state index contributed by atoms with van der Waals surface area (Å²) >= 11 is 0. The molecule has 0 aliphatic heterocycles. The van der Waals surface area contributed by atoms with Gasteiger partial charge in [-0.25, -0.2) is 4.98 Å². The SMILES string of the molecule is Cc1nc(NC(CO)CO)cc(=O)[nH]1. The molecule has 0 aromatic carbocycles. The predicted octanol–water partition coefficient (Wildman–Crippen LogP) is -1.16. The number of aryl methyl sites for hydroxylation is 1. The Balaban J connectivity index is 2.80. The molecule has 1 rings (SSSR count). The predicted molar refractivity (Wildman–Crippen MR) is 51.2 cm³/mol. The Morgan fingerprint density at radius 2 is 2.21 bits per heavy atom. The van der Waals surface area contributed by atoms with Gasteiger partial charge >= 0.3 is 0 Å². The van der Waals surface area contributed by atoms with E-state index in [-0.39, 0.29) is 18.8 Å². The van der Waals surface area contributed by atoms with Gasteiger partial charge in [0.2, 0.25) is 0 Å². The summed E-state index contributed by atoms with van der Waals surface area (Å²) in [6.45, 7) is 1.22. The molecule has 0 unspecified atom stereocenters. The van der Waals surface area contributed by atoms with Crippen molar-refractivity contribution in [3.63, 3.8) is 0 Å². The third kappa shape index (κ3) is 2.82. The van der Waals surface area contributed by atoms with Crippen LogP contribution in [0.1, 0.15) is 5.82 Å². The van der Waals surface area contributed by atoms with E-state index in [1.54, 1.807) is 6.92 Å². The molecule has 14 heavy (non-hydrogen) atoms. The molecular formula is C8H13N3O3. The van der Waals surface area contributed by atoms with Gasteiger partial charge in [0.1, 0.15) is 11.6 Å². The van der Waals surface area contributed by atoms with Crippen molar-refractivity contribution >= 4 is 5.82 Å². The summed E-state index contributed by atoms with van der Waals surface area (Å²) in [4.78, 5) is 17.5. The smallest absolute Gasteiger partial charge is 0.252 e. The third-order valence-corrected chi connectivity index (χ3v) is 1.65. The van der Waals surface area contributed by atoms with E-state index < -0.39 is 6.04 Å². The molecule has 6 heteroatoms. The average molecular weight is 199 g/mol. The van der Waals surface area contributed by atoms with Crippen LogP contribution >= 0.6 is 0 Å². The molecule has 1 aromatic rings. The first-order chi connectivity index (χ1) is 6.65. The highest BCUT2D eigenvalue weighted by atomic mass is 16.3. The normalized spacial score (nSPS) is 10.6. The Bertz CT molecular complexity index is 346. The van der Waals surface area contributed by atoms with E-state index in [4.69, 9.17) is 10.2 Å². The number of hydrogen-bond donors (Lipinski definition) is 4. The standard InChI is InChI=1S/C8H13N3O3/c1-5-9-7(2-8(14)10-5)11-6(3-12)4-13/h2,6,12-13H,3-4H2,1H3,(H2,9,10,11,14). The summed E-state index contributed by atoms with van der Waals surface area (Å²) < 4.78 is 0. The van der Waals surface area contributed by atoms with Crippen LogP contribution in [-0.2, 0) is 0 Å². The van der Waals surface area contributed by atoms with E-state index >= 15 is 0 Å². The molecule has 4 N–H and O–H groups in total.